The number of halogens is 1. The Morgan fingerprint density at radius 2 is 2.47 bits per heavy atom. The molecule has 0 saturated carbocycles. The van der Waals surface area contributed by atoms with E-state index < -0.39 is 4.92 Å². The maximum Gasteiger partial charge on any atom is 0.390 e. The highest BCUT2D eigenvalue weighted by atomic mass is 79.9. The average molecular weight is 278 g/mol. The van der Waals surface area contributed by atoms with Crippen molar-refractivity contribution in [2.24, 2.45) is 0 Å². The molecule has 0 aliphatic carbocycles. The van der Waals surface area contributed by atoms with E-state index in [1.54, 1.807) is 11.8 Å². The quantitative estimate of drug-likeness (QED) is 0.451. The smallest absolute Gasteiger partial charge is 0.378 e. The molecule has 0 amide bonds. The van der Waals surface area contributed by atoms with Crippen molar-refractivity contribution in [3.8, 4) is 0 Å². The summed E-state index contributed by atoms with van der Waals surface area (Å²) in [6.45, 7) is 0.987. The summed E-state index contributed by atoms with van der Waals surface area (Å²) in [4.78, 5) is 10.0. The molecule has 0 aromatic carbocycles. The first kappa shape index (κ1) is 12.1. The van der Waals surface area contributed by atoms with Crippen LogP contribution in [0.4, 0.5) is 5.82 Å². The largest absolute Gasteiger partial charge is 0.390 e. The van der Waals surface area contributed by atoms with Gasteiger partial charge >= 0.3 is 5.82 Å². The molecule has 0 spiro atoms. The van der Waals surface area contributed by atoms with E-state index in [2.05, 4.69) is 21.0 Å². The van der Waals surface area contributed by atoms with Gasteiger partial charge in [-0.1, -0.05) is 15.9 Å². The second-order valence-electron chi connectivity index (χ2n) is 2.95. The van der Waals surface area contributed by atoms with Crippen LogP contribution in [0.25, 0.3) is 0 Å². The van der Waals surface area contributed by atoms with Gasteiger partial charge in [0.15, 0.2) is 0 Å². The van der Waals surface area contributed by atoms with Crippen molar-refractivity contribution in [3.05, 3.63) is 21.9 Å². The van der Waals surface area contributed by atoms with Crippen LogP contribution in [0.5, 0.6) is 0 Å². The fraction of sp³-hybridized carbons (Fsp3) is 0.625. The van der Waals surface area contributed by atoms with Crippen molar-refractivity contribution in [2.75, 3.05) is 12.4 Å². The maximum atomic E-state index is 10.5. The minimum absolute atomic E-state index is 0.128. The Kier molecular flexibility index (Phi) is 4.70. The lowest BCUT2D eigenvalue weighted by Gasteiger charge is -1.99. The van der Waals surface area contributed by atoms with E-state index in [4.69, 9.17) is 4.74 Å². The van der Waals surface area contributed by atoms with E-state index in [1.165, 1.54) is 6.07 Å². The van der Waals surface area contributed by atoms with Crippen molar-refractivity contribution < 1.29 is 9.66 Å². The first-order chi connectivity index (χ1) is 7.19. The molecule has 0 radical (unpaired) electrons. The number of nitro groups is 1. The zero-order valence-electron chi connectivity index (χ0n) is 8.35. The van der Waals surface area contributed by atoms with Gasteiger partial charge in [-0.3, -0.25) is 0 Å². The van der Waals surface area contributed by atoms with Gasteiger partial charge in [-0.25, -0.2) is 0 Å². The predicted octanol–water partition coefficient (Wildman–Crippen LogP) is 1.72. The average Bonchev–Trinajstić information content (AvgIpc) is 2.59. The molecule has 1 aromatic heterocycles. The summed E-state index contributed by atoms with van der Waals surface area (Å²) in [5, 5.41) is 15.2. The molecule has 0 aliphatic rings. The molecule has 0 saturated heterocycles. The molecule has 1 heterocycles. The van der Waals surface area contributed by atoms with Crippen molar-refractivity contribution in [1.29, 1.82) is 0 Å². The third-order valence-corrected chi connectivity index (χ3v) is 2.39. The minimum Gasteiger partial charge on any atom is -0.378 e. The predicted molar refractivity (Wildman–Crippen MR) is 58.0 cm³/mol. The SMILES string of the molecule is COCc1cc([N+](=O)[O-])nn1CCCBr. The Bertz CT molecular complexity index is 340. The molecule has 7 heteroatoms. The number of hydrogen-bond acceptors (Lipinski definition) is 4. The van der Waals surface area contributed by atoms with Crippen LogP contribution in [0, 0.1) is 10.1 Å². The Morgan fingerprint density at radius 3 is 3.00 bits per heavy atom. The minimum atomic E-state index is -0.496. The monoisotopic (exact) mass is 277 g/mol. The normalized spacial score (nSPS) is 10.5. The third kappa shape index (κ3) is 3.28. The van der Waals surface area contributed by atoms with Crippen LogP contribution in [-0.4, -0.2) is 27.1 Å². The lowest BCUT2D eigenvalue weighted by molar-refractivity contribution is -0.389. The molecule has 0 aliphatic heterocycles. The number of methoxy groups -OCH3 is 1. The molecule has 84 valence electrons. The van der Waals surface area contributed by atoms with Crippen molar-refractivity contribution >= 4 is 21.7 Å². The van der Waals surface area contributed by atoms with E-state index in [-0.39, 0.29) is 5.82 Å². The van der Waals surface area contributed by atoms with E-state index >= 15 is 0 Å². The highest BCUT2D eigenvalue weighted by Gasteiger charge is 2.17. The summed E-state index contributed by atoms with van der Waals surface area (Å²) in [7, 11) is 1.55. The van der Waals surface area contributed by atoms with Crippen LogP contribution in [-0.2, 0) is 17.9 Å². The standard InChI is InChI=1S/C8H12BrN3O3/c1-15-6-7-5-8(12(13)14)10-11(7)4-2-3-9/h5H,2-4,6H2,1H3. The van der Waals surface area contributed by atoms with Crippen LogP contribution in [0.1, 0.15) is 12.1 Å². The fourth-order valence-electron chi connectivity index (χ4n) is 1.20. The van der Waals surface area contributed by atoms with Crippen molar-refractivity contribution in [1.82, 2.24) is 9.78 Å². The number of aryl methyl sites for hydroxylation is 1. The zero-order chi connectivity index (χ0) is 11.3. The van der Waals surface area contributed by atoms with Gasteiger partial charge in [0.1, 0.15) is 0 Å². The van der Waals surface area contributed by atoms with Gasteiger partial charge < -0.3 is 14.9 Å². The summed E-state index contributed by atoms with van der Waals surface area (Å²) >= 11 is 3.30. The van der Waals surface area contributed by atoms with Gasteiger partial charge in [-0.05, 0) is 11.3 Å². The molecular weight excluding hydrogens is 266 g/mol. The number of alkyl halides is 1. The van der Waals surface area contributed by atoms with Gasteiger partial charge in [-0.2, -0.15) is 4.68 Å². The van der Waals surface area contributed by atoms with Gasteiger partial charge in [0.05, 0.1) is 30.0 Å². The topological polar surface area (TPSA) is 70.2 Å². The van der Waals surface area contributed by atoms with Crippen LogP contribution in [0.2, 0.25) is 0 Å². The number of ether oxygens (including phenoxy) is 1. The Balaban J connectivity index is 2.84. The van der Waals surface area contributed by atoms with Crippen LogP contribution in [0.15, 0.2) is 6.07 Å². The van der Waals surface area contributed by atoms with Crippen molar-refractivity contribution in [3.63, 3.8) is 0 Å². The van der Waals surface area contributed by atoms with Crippen LogP contribution >= 0.6 is 15.9 Å². The van der Waals surface area contributed by atoms with E-state index in [0.29, 0.717) is 13.2 Å². The number of aromatic nitrogens is 2. The number of nitrogens with zero attached hydrogens (tertiary/aromatic N) is 3. The molecule has 0 bridgehead atoms. The van der Waals surface area contributed by atoms with E-state index in [9.17, 15) is 10.1 Å². The summed E-state index contributed by atoms with van der Waals surface area (Å²) in [6, 6.07) is 1.44. The number of hydrogen-bond donors (Lipinski definition) is 0. The molecule has 1 aromatic rings. The molecule has 15 heavy (non-hydrogen) atoms. The Hall–Kier alpha value is -0.950. The van der Waals surface area contributed by atoms with Gasteiger partial charge in [0.25, 0.3) is 0 Å². The lowest BCUT2D eigenvalue weighted by Crippen LogP contribution is -2.06. The summed E-state index contributed by atoms with van der Waals surface area (Å²) in [6.07, 6.45) is 0.871. The van der Waals surface area contributed by atoms with Gasteiger partial charge in [0, 0.05) is 12.4 Å². The Morgan fingerprint density at radius 1 is 1.73 bits per heavy atom. The fourth-order valence-corrected chi connectivity index (χ4v) is 1.45. The van der Waals surface area contributed by atoms with Crippen molar-refractivity contribution in [2.45, 2.75) is 19.6 Å². The van der Waals surface area contributed by atoms with Gasteiger partial charge in [-0.15, -0.1) is 0 Å². The summed E-state index contributed by atoms with van der Waals surface area (Å²) in [5.74, 6) is -0.128. The molecule has 0 fully saturated rings. The van der Waals surface area contributed by atoms with Crippen LogP contribution in [0.3, 0.4) is 0 Å². The first-order valence-corrected chi connectivity index (χ1v) is 5.57. The van der Waals surface area contributed by atoms with Crippen LogP contribution < -0.4 is 0 Å². The lowest BCUT2D eigenvalue weighted by atomic mass is 10.4. The molecule has 0 unspecified atom stereocenters. The molecule has 0 atom stereocenters. The van der Waals surface area contributed by atoms with Gasteiger partial charge in [0.2, 0.25) is 0 Å². The zero-order valence-corrected chi connectivity index (χ0v) is 9.94. The van der Waals surface area contributed by atoms with E-state index in [0.717, 1.165) is 17.4 Å². The second kappa shape index (κ2) is 5.82. The summed E-state index contributed by atoms with van der Waals surface area (Å²) in [5.41, 5.74) is 0.727. The third-order valence-electron chi connectivity index (χ3n) is 1.83. The number of rotatable bonds is 6. The molecule has 1 rings (SSSR count). The highest BCUT2D eigenvalue weighted by molar-refractivity contribution is 9.09. The first-order valence-electron chi connectivity index (χ1n) is 4.45. The molecule has 6 nitrogen and oxygen atoms in total. The molecular formula is C8H12BrN3O3. The summed E-state index contributed by atoms with van der Waals surface area (Å²) < 4.78 is 6.56. The molecule has 0 N–H and O–H groups in total. The highest BCUT2D eigenvalue weighted by Crippen LogP contribution is 2.13. The second-order valence-corrected chi connectivity index (χ2v) is 3.74. The maximum absolute atomic E-state index is 10.5. The Labute approximate surface area is 95.5 Å². The van der Waals surface area contributed by atoms with E-state index in [1.807, 2.05) is 0 Å².